The number of amides is 1. The smallest absolute Gasteiger partial charge is 0.220 e. The topological polar surface area (TPSA) is 64.4 Å². The minimum absolute atomic E-state index is 0.0881. The summed E-state index contributed by atoms with van der Waals surface area (Å²) in [4.78, 5) is 11.1. The highest BCUT2D eigenvalue weighted by molar-refractivity contribution is 5.76. The fourth-order valence-electron chi connectivity index (χ4n) is 3.19. The highest BCUT2D eigenvalue weighted by Crippen LogP contribution is 2.27. The van der Waals surface area contributed by atoms with Crippen LogP contribution in [0, 0.1) is 5.92 Å². The van der Waals surface area contributed by atoms with Crippen molar-refractivity contribution in [3.8, 4) is 5.75 Å². The first-order valence-electron chi connectivity index (χ1n) is 7.49. The highest BCUT2D eigenvalue weighted by Gasteiger charge is 2.24. The van der Waals surface area contributed by atoms with E-state index in [1.54, 1.807) is 0 Å². The third-order valence-corrected chi connectivity index (χ3v) is 4.48. The molecule has 2 aliphatic rings. The molecule has 0 unspecified atom stereocenters. The first-order valence-corrected chi connectivity index (χ1v) is 7.49. The van der Waals surface area contributed by atoms with E-state index in [9.17, 15) is 4.79 Å². The van der Waals surface area contributed by atoms with Crippen LogP contribution in [0.5, 0.6) is 5.75 Å². The number of benzene rings is 1. The Balaban J connectivity index is 1.49. The third-order valence-electron chi connectivity index (χ3n) is 4.48. The summed E-state index contributed by atoms with van der Waals surface area (Å²) in [7, 11) is 0. The van der Waals surface area contributed by atoms with E-state index in [2.05, 4.69) is 23.5 Å². The summed E-state index contributed by atoms with van der Waals surface area (Å²) in [5.41, 5.74) is 7.99. The molecule has 108 valence electrons. The molecule has 0 atom stereocenters. The molecule has 1 amide bonds. The molecule has 1 aliphatic heterocycles. The minimum atomic E-state index is -0.137. The second-order valence-corrected chi connectivity index (χ2v) is 5.87. The molecule has 1 aromatic carbocycles. The Morgan fingerprint density at radius 1 is 1.30 bits per heavy atom. The molecule has 1 heterocycles. The maximum absolute atomic E-state index is 11.1. The standard InChI is InChI=1S/C16H22N2O2/c17-16(19)12-2-4-14(5-3-12)18-10-11-1-6-15-13(9-11)7-8-20-15/h1,6,9,12,14,18H,2-5,7-8,10H2,(H2,17,19). The Hall–Kier alpha value is -1.55. The predicted molar refractivity (Wildman–Crippen MR) is 77.4 cm³/mol. The zero-order valence-electron chi connectivity index (χ0n) is 11.7. The van der Waals surface area contributed by atoms with Crippen LogP contribution in [-0.2, 0) is 17.8 Å². The molecule has 3 N–H and O–H groups in total. The van der Waals surface area contributed by atoms with E-state index in [-0.39, 0.29) is 11.8 Å². The van der Waals surface area contributed by atoms with Gasteiger partial charge in [-0.25, -0.2) is 0 Å². The van der Waals surface area contributed by atoms with Crippen LogP contribution in [0.2, 0.25) is 0 Å². The van der Waals surface area contributed by atoms with E-state index >= 15 is 0 Å². The van der Waals surface area contributed by atoms with Gasteiger partial charge in [-0.2, -0.15) is 0 Å². The van der Waals surface area contributed by atoms with Gasteiger partial charge in [-0.1, -0.05) is 12.1 Å². The summed E-state index contributed by atoms with van der Waals surface area (Å²) in [6.07, 6.45) is 4.95. The first kappa shape index (κ1) is 13.4. The first-order chi connectivity index (χ1) is 9.72. The van der Waals surface area contributed by atoms with E-state index in [0.717, 1.165) is 51.0 Å². The van der Waals surface area contributed by atoms with Gasteiger partial charge < -0.3 is 15.8 Å². The van der Waals surface area contributed by atoms with Crippen LogP contribution < -0.4 is 15.8 Å². The molecule has 0 aromatic heterocycles. The van der Waals surface area contributed by atoms with E-state index in [0.29, 0.717) is 6.04 Å². The fraction of sp³-hybridized carbons (Fsp3) is 0.562. The lowest BCUT2D eigenvalue weighted by atomic mass is 9.85. The van der Waals surface area contributed by atoms with Crippen molar-refractivity contribution < 1.29 is 9.53 Å². The van der Waals surface area contributed by atoms with Crippen LogP contribution in [0.1, 0.15) is 36.8 Å². The second-order valence-electron chi connectivity index (χ2n) is 5.87. The number of nitrogens with two attached hydrogens (primary N) is 1. The van der Waals surface area contributed by atoms with Crippen molar-refractivity contribution in [2.24, 2.45) is 11.7 Å². The van der Waals surface area contributed by atoms with Crippen molar-refractivity contribution in [2.75, 3.05) is 6.61 Å². The van der Waals surface area contributed by atoms with Crippen LogP contribution >= 0.6 is 0 Å². The van der Waals surface area contributed by atoms with Gasteiger partial charge in [-0.3, -0.25) is 4.79 Å². The lowest BCUT2D eigenvalue weighted by Gasteiger charge is -2.27. The number of hydrogen-bond donors (Lipinski definition) is 2. The number of carbonyl (C=O) groups excluding carboxylic acids is 1. The molecular formula is C16H22N2O2. The second kappa shape index (κ2) is 5.83. The summed E-state index contributed by atoms with van der Waals surface area (Å²) < 4.78 is 5.52. The zero-order chi connectivity index (χ0) is 13.9. The molecule has 0 saturated heterocycles. The van der Waals surface area contributed by atoms with Crippen molar-refractivity contribution in [1.82, 2.24) is 5.32 Å². The number of fused-ring (bicyclic) bond motifs is 1. The molecule has 0 bridgehead atoms. The van der Waals surface area contributed by atoms with Gasteiger partial charge in [0.25, 0.3) is 0 Å². The lowest BCUT2D eigenvalue weighted by Crippen LogP contribution is -2.36. The Morgan fingerprint density at radius 3 is 2.85 bits per heavy atom. The van der Waals surface area contributed by atoms with E-state index < -0.39 is 0 Å². The number of rotatable bonds is 4. The minimum Gasteiger partial charge on any atom is -0.493 e. The summed E-state index contributed by atoms with van der Waals surface area (Å²) in [6, 6.07) is 6.95. The van der Waals surface area contributed by atoms with Crippen LogP contribution in [0.25, 0.3) is 0 Å². The Bertz CT molecular complexity index is 493. The van der Waals surface area contributed by atoms with Crippen LogP contribution in [-0.4, -0.2) is 18.6 Å². The van der Waals surface area contributed by atoms with Gasteiger partial charge in [-0.15, -0.1) is 0 Å². The molecule has 1 fully saturated rings. The summed E-state index contributed by atoms with van der Waals surface area (Å²) >= 11 is 0. The Kier molecular flexibility index (Phi) is 3.92. The maximum atomic E-state index is 11.1. The van der Waals surface area contributed by atoms with Crippen molar-refractivity contribution in [2.45, 2.75) is 44.7 Å². The van der Waals surface area contributed by atoms with Crippen LogP contribution in [0.15, 0.2) is 18.2 Å². The molecule has 4 nitrogen and oxygen atoms in total. The quantitative estimate of drug-likeness (QED) is 0.879. The SMILES string of the molecule is NC(=O)C1CCC(NCc2ccc3c(c2)CCO3)CC1. The van der Waals surface area contributed by atoms with Gasteiger partial charge in [0.2, 0.25) is 5.91 Å². The van der Waals surface area contributed by atoms with Crippen molar-refractivity contribution in [3.63, 3.8) is 0 Å². The van der Waals surface area contributed by atoms with Crippen LogP contribution in [0.4, 0.5) is 0 Å². The normalized spacial score (nSPS) is 25.0. The molecule has 0 spiro atoms. The average Bonchev–Trinajstić information content (AvgIpc) is 2.93. The molecule has 1 aliphatic carbocycles. The summed E-state index contributed by atoms with van der Waals surface area (Å²) in [5, 5.41) is 3.60. The monoisotopic (exact) mass is 274 g/mol. The van der Waals surface area contributed by atoms with Gasteiger partial charge >= 0.3 is 0 Å². The van der Waals surface area contributed by atoms with Gasteiger partial charge in [0.1, 0.15) is 5.75 Å². The number of primary amides is 1. The van der Waals surface area contributed by atoms with E-state index in [1.165, 1.54) is 11.1 Å². The van der Waals surface area contributed by atoms with Gasteiger partial charge in [0.05, 0.1) is 6.61 Å². The Morgan fingerprint density at radius 2 is 2.10 bits per heavy atom. The molecule has 1 aromatic rings. The van der Waals surface area contributed by atoms with Gasteiger partial charge in [0.15, 0.2) is 0 Å². The van der Waals surface area contributed by atoms with Gasteiger partial charge in [0, 0.05) is 24.9 Å². The maximum Gasteiger partial charge on any atom is 0.220 e. The molecule has 1 saturated carbocycles. The predicted octanol–water partition coefficient (Wildman–Crippen LogP) is 1.76. The van der Waals surface area contributed by atoms with Crippen molar-refractivity contribution in [3.05, 3.63) is 29.3 Å². The number of carbonyl (C=O) groups is 1. The lowest BCUT2D eigenvalue weighted by molar-refractivity contribution is -0.122. The number of ether oxygens (including phenoxy) is 1. The third kappa shape index (κ3) is 2.96. The fourth-order valence-corrected chi connectivity index (χ4v) is 3.19. The van der Waals surface area contributed by atoms with Crippen molar-refractivity contribution in [1.29, 1.82) is 0 Å². The van der Waals surface area contributed by atoms with Gasteiger partial charge in [-0.05, 0) is 42.9 Å². The van der Waals surface area contributed by atoms with Crippen LogP contribution in [0.3, 0.4) is 0 Å². The van der Waals surface area contributed by atoms with E-state index in [4.69, 9.17) is 10.5 Å². The largest absolute Gasteiger partial charge is 0.493 e. The highest BCUT2D eigenvalue weighted by atomic mass is 16.5. The molecule has 20 heavy (non-hydrogen) atoms. The molecule has 0 radical (unpaired) electrons. The summed E-state index contributed by atoms with van der Waals surface area (Å²) in [5.74, 6) is 0.989. The van der Waals surface area contributed by atoms with Crippen molar-refractivity contribution >= 4 is 5.91 Å². The Labute approximate surface area is 119 Å². The molecule has 4 heteroatoms. The zero-order valence-corrected chi connectivity index (χ0v) is 11.7. The average molecular weight is 274 g/mol. The molecular weight excluding hydrogens is 252 g/mol. The summed E-state index contributed by atoms with van der Waals surface area (Å²) in [6.45, 7) is 1.70. The number of hydrogen-bond acceptors (Lipinski definition) is 3. The van der Waals surface area contributed by atoms with E-state index in [1.807, 2.05) is 0 Å². The molecule has 3 rings (SSSR count). The number of nitrogens with one attached hydrogen (secondary N) is 1.